The third kappa shape index (κ3) is 4.49. The summed E-state index contributed by atoms with van der Waals surface area (Å²) in [5.41, 5.74) is 0.849. The van der Waals surface area contributed by atoms with Crippen molar-refractivity contribution in [2.45, 2.75) is 39.8 Å². The number of rotatable bonds is 7. The van der Waals surface area contributed by atoms with Crippen LogP contribution in [0, 0.1) is 5.82 Å². The molecule has 1 rings (SSSR count). The number of carbonyl (C=O) groups excluding carboxylic acids is 1. The zero-order chi connectivity index (χ0) is 15.1. The van der Waals surface area contributed by atoms with Crippen LogP contribution >= 0.6 is 0 Å². The Hall–Kier alpha value is -1.62. The van der Waals surface area contributed by atoms with Gasteiger partial charge in [-0.2, -0.15) is 0 Å². The van der Waals surface area contributed by atoms with Gasteiger partial charge < -0.3 is 15.4 Å². The molecule has 2 unspecified atom stereocenters. The van der Waals surface area contributed by atoms with Crippen LogP contribution in [0.15, 0.2) is 18.2 Å². The van der Waals surface area contributed by atoms with Crippen LogP contribution in [-0.2, 0) is 4.79 Å². The van der Waals surface area contributed by atoms with E-state index in [4.69, 9.17) is 4.74 Å². The van der Waals surface area contributed by atoms with Gasteiger partial charge in [0.25, 0.3) is 5.91 Å². The summed E-state index contributed by atoms with van der Waals surface area (Å²) in [6.07, 6.45) is -0.721. The first-order valence-electron chi connectivity index (χ1n) is 6.96. The molecule has 1 aromatic rings. The van der Waals surface area contributed by atoms with Crippen LogP contribution < -0.4 is 15.4 Å². The molecule has 5 heteroatoms. The van der Waals surface area contributed by atoms with Crippen molar-refractivity contribution in [3.8, 4) is 5.75 Å². The van der Waals surface area contributed by atoms with Gasteiger partial charge in [-0.1, -0.05) is 13.0 Å². The second-order valence-electron chi connectivity index (χ2n) is 4.62. The summed E-state index contributed by atoms with van der Waals surface area (Å²) < 4.78 is 19.3. The van der Waals surface area contributed by atoms with Gasteiger partial charge in [0.2, 0.25) is 0 Å². The largest absolute Gasteiger partial charge is 0.478 e. The normalized spacial score (nSPS) is 13.7. The highest BCUT2D eigenvalue weighted by molar-refractivity contribution is 5.80. The lowest BCUT2D eigenvalue weighted by atomic mass is 10.1. The highest BCUT2D eigenvalue weighted by Gasteiger charge is 2.16. The summed E-state index contributed by atoms with van der Waals surface area (Å²) in [6, 6.07) is 4.88. The molecule has 0 aliphatic carbocycles. The lowest BCUT2D eigenvalue weighted by Crippen LogP contribution is -2.36. The van der Waals surface area contributed by atoms with Gasteiger partial charge >= 0.3 is 0 Å². The van der Waals surface area contributed by atoms with Crippen molar-refractivity contribution in [1.29, 1.82) is 0 Å². The van der Waals surface area contributed by atoms with Crippen molar-refractivity contribution in [3.63, 3.8) is 0 Å². The predicted octanol–water partition coefficient (Wildman–Crippen LogP) is 2.40. The second kappa shape index (κ2) is 7.85. The number of hydrogen-bond donors (Lipinski definition) is 2. The van der Waals surface area contributed by atoms with E-state index in [2.05, 4.69) is 10.6 Å². The van der Waals surface area contributed by atoms with Gasteiger partial charge in [-0.05, 0) is 45.0 Å². The molecule has 1 amide bonds. The molecule has 0 radical (unpaired) electrons. The van der Waals surface area contributed by atoms with Crippen LogP contribution in [0.4, 0.5) is 4.39 Å². The molecule has 4 nitrogen and oxygen atoms in total. The number of carbonyl (C=O) groups is 1. The average molecular weight is 282 g/mol. The van der Waals surface area contributed by atoms with Crippen molar-refractivity contribution in [2.24, 2.45) is 0 Å². The Morgan fingerprint density at radius 2 is 2.00 bits per heavy atom. The molecule has 0 spiro atoms. The van der Waals surface area contributed by atoms with E-state index in [1.807, 2.05) is 20.8 Å². The highest BCUT2D eigenvalue weighted by Crippen LogP contribution is 2.23. The standard InChI is InChI=1S/C15H23FN2O2/c1-5-17-10(3)12-7-8-14(13(16)9-12)20-11(4)15(19)18-6-2/h7-11,17H,5-6H2,1-4H3,(H,18,19). The van der Waals surface area contributed by atoms with E-state index in [0.29, 0.717) is 6.54 Å². The Morgan fingerprint density at radius 3 is 2.55 bits per heavy atom. The van der Waals surface area contributed by atoms with E-state index in [-0.39, 0.29) is 17.7 Å². The van der Waals surface area contributed by atoms with E-state index in [9.17, 15) is 9.18 Å². The summed E-state index contributed by atoms with van der Waals surface area (Å²) >= 11 is 0. The van der Waals surface area contributed by atoms with Crippen LogP contribution in [0.25, 0.3) is 0 Å². The topological polar surface area (TPSA) is 50.4 Å². The Kier molecular flexibility index (Phi) is 6.45. The molecule has 0 saturated heterocycles. The number of ether oxygens (including phenoxy) is 1. The molecular formula is C15H23FN2O2. The van der Waals surface area contributed by atoms with E-state index in [1.165, 1.54) is 6.07 Å². The summed E-state index contributed by atoms with van der Waals surface area (Å²) in [7, 11) is 0. The van der Waals surface area contributed by atoms with E-state index < -0.39 is 11.9 Å². The lowest BCUT2D eigenvalue weighted by molar-refractivity contribution is -0.127. The summed E-state index contributed by atoms with van der Waals surface area (Å²) in [4.78, 5) is 11.6. The van der Waals surface area contributed by atoms with E-state index in [1.54, 1.807) is 19.1 Å². The number of halogens is 1. The summed E-state index contributed by atoms with van der Waals surface area (Å²) in [5, 5.41) is 5.85. The van der Waals surface area contributed by atoms with E-state index >= 15 is 0 Å². The summed E-state index contributed by atoms with van der Waals surface area (Å²) in [6.45, 7) is 8.72. The molecule has 0 aliphatic rings. The van der Waals surface area contributed by atoms with Crippen molar-refractivity contribution in [3.05, 3.63) is 29.6 Å². The Morgan fingerprint density at radius 1 is 1.30 bits per heavy atom. The second-order valence-corrected chi connectivity index (χ2v) is 4.62. The molecule has 1 aromatic carbocycles. The van der Waals surface area contributed by atoms with Gasteiger partial charge in [0, 0.05) is 12.6 Å². The zero-order valence-corrected chi connectivity index (χ0v) is 12.5. The predicted molar refractivity (Wildman–Crippen MR) is 77.3 cm³/mol. The smallest absolute Gasteiger partial charge is 0.260 e. The maximum atomic E-state index is 14.0. The Labute approximate surface area is 119 Å². The molecule has 2 N–H and O–H groups in total. The molecular weight excluding hydrogens is 259 g/mol. The monoisotopic (exact) mass is 282 g/mol. The number of benzene rings is 1. The van der Waals surface area contributed by atoms with Gasteiger partial charge in [-0.15, -0.1) is 0 Å². The molecule has 0 heterocycles. The van der Waals surface area contributed by atoms with Gasteiger partial charge in [0.1, 0.15) is 0 Å². The van der Waals surface area contributed by atoms with Crippen LogP contribution in [-0.4, -0.2) is 25.1 Å². The van der Waals surface area contributed by atoms with Crippen LogP contribution in [0.5, 0.6) is 5.75 Å². The first-order valence-corrected chi connectivity index (χ1v) is 6.96. The molecule has 20 heavy (non-hydrogen) atoms. The van der Waals surface area contributed by atoms with Gasteiger partial charge in [0.15, 0.2) is 17.7 Å². The minimum absolute atomic E-state index is 0.0735. The Balaban J connectivity index is 2.75. The van der Waals surface area contributed by atoms with Gasteiger partial charge in [-0.25, -0.2) is 4.39 Å². The number of likely N-dealkylation sites (N-methyl/N-ethyl adjacent to an activating group) is 1. The minimum Gasteiger partial charge on any atom is -0.478 e. The zero-order valence-electron chi connectivity index (χ0n) is 12.5. The van der Waals surface area contributed by atoms with Crippen molar-refractivity contribution >= 4 is 5.91 Å². The highest BCUT2D eigenvalue weighted by atomic mass is 19.1. The molecule has 0 bridgehead atoms. The molecule has 2 atom stereocenters. The van der Waals surface area contributed by atoms with Crippen molar-refractivity contribution in [1.82, 2.24) is 10.6 Å². The first-order chi connectivity index (χ1) is 9.49. The fraction of sp³-hybridized carbons (Fsp3) is 0.533. The van der Waals surface area contributed by atoms with Gasteiger partial charge in [0.05, 0.1) is 0 Å². The third-order valence-electron chi connectivity index (χ3n) is 2.99. The molecule has 0 fully saturated rings. The number of amides is 1. The third-order valence-corrected chi connectivity index (χ3v) is 2.99. The summed E-state index contributed by atoms with van der Waals surface area (Å²) in [5.74, 6) is -0.614. The molecule has 0 aromatic heterocycles. The van der Waals surface area contributed by atoms with Crippen LogP contribution in [0.2, 0.25) is 0 Å². The van der Waals surface area contributed by atoms with Crippen molar-refractivity contribution in [2.75, 3.05) is 13.1 Å². The maximum Gasteiger partial charge on any atom is 0.260 e. The van der Waals surface area contributed by atoms with Crippen LogP contribution in [0.1, 0.15) is 39.3 Å². The average Bonchev–Trinajstić information content (AvgIpc) is 2.41. The molecule has 0 aliphatic heterocycles. The molecule has 112 valence electrons. The van der Waals surface area contributed by atoms with E-state index in [0.717, 1.165) is 12.1 Å². The quantitative estimate of drug-likeness (QED) is 0.807. The number of nitrogens with one attached hydrogen (secondary N) is 2. The minimum atomic E-state index is -0.721. The van der Waals surface area contributed by atoms with Crippen molar-refractivity contribution < 1.29 is 13.9 Å². The first kappa shape index (κ1) is 16.4. The van der Waals surface area contributed by atoms with Gasteiger partial charge in [-0.3, -0.25) is 4.79 Å². The Bertz CT molecular complexity index is 451. The maximum absolute atomic E-state index is 14.0. The van der Waals surface area contributed by atoms with Crippen LogP contribution in [0.3, 0.4) is 0 Å². The number of hydrogen-bond acceptors (Lipinski definition) is 3. The molecule has 0 saturated carbocycles. The lowest BCUT2D eigenvalue weighted by Gasteiger charge is -2.17. The SMILES string of the molecule is CCNC(=O)C(C)Oc1ccc(C(C)NCC)cc1F. The fourth-order valence-electron chi connectivity index (χ4n) is 1.87. The fourth-order valence-corrected chi connectivity index (χ4v) is 1.87.